The van der Waals surface area contributed by atoms with Crippen molar-refractivity contribution in [2.45, 2.75) is 0 Å². The van der Waals surface area contributed by atoms with Crippen molar-refractivity contribution in [3.05, 3.63) is 0 Å². The molecule has 0 amide bonds. The summed E-state index contributed by atoms with van der Waals surface area (Å²) in [5.74, 6) is 0. The van der Waals surface area contributed by atoms with Crippen molar-refractivity contribution in [3.8, 4) is 0 Å². The Morgan fingerprint density at radius 3 is 0.750 bits per heavy atom. The molecule has 0 heterocycles. The Kier molecular flexibility index (Phi) is 8.04. The minimum absolute atomic E-state index is 0. The Hall–Kier alpha value is 1.88. The van der Waals surface area contributed by atoms with Gasteiger partial charge in [0.1, 0.15) is 0 Å². The van der Waals surface area contributed by atoms with Crippen LogP contribution in [0.2, 0.25) is 0 Å². The van der Waals surface area contributed by atoms with E-state index in [9.17, 15) is 0 Å². The van der Waals surface area contributed by atoms with Gasteiger partial charge in [0.15, 0.2) is 0 Å². The zero-order valence-electron chi connectivity index (χ0n) is 3.20. The van der Waals surface area contributed by atoms with E-state index in [1.807, 2.05) is 0 Å². The molecule has 5 nitrogen and oxygen atoms in total. The van der Waals surface area contributed by atoms with E-state index in [-0.39, 0.29) is 63.9 Å². The predicted octanol–water partition coefficient (Wildman–Crippen LogP) is -2.70. The van der Waals surface area contributed by atoms with Crippen LogP contribution in [0.5, 0.6) is 0 Å². The third-order valence-electron chi connectivity index (χ3n) is 0. The molecule has 0 atom stereocenters. The van der Waals surface area contributed by atoms with Gasteiger partial charge < -0.3 is 0 Å². The Morgan fingerprint density at radius 1 is 0.750 bits per heavy atom. The first-order chi connectivity index (χ1) is 2.24. The summed E-state index contributed by atoms with van der Waals surface area (Å²) in [6.45, 7) is 0. The van der Waals surface area contributed by atoms with Crippen molar-refractivity contribution in [1.82, 2.24) is 0 Å². The van der Waals surface area contributed by atoms with E-state index in [4.69, 9.17) is 16.3 Å². The second-order valence-electron chi connectivity index (χ2n) is 0.745. The summed E-state index contributed by atoms with van der Waals surface area (Å²) in [6, 6.07) is 0. The van der Waals surface area contributed by atoms with E-state index >= 15 is 0 Å². The van der Waals surface area contributed by atoms with Crippen LogP contribution in [0.25, 0.3) is 0 Å². The molecule has 8 heavy (non-hydrogen) atoms. The van der Waals surface area contributed by atoms with Crippen LogP contribution >= 0.6 is 0 Å². The maximum absolute atomic E-state index is 8.67. The summed E-state index contributed by atoms with van der Waals surface area (Å²) in [5.41, 5.74) is 0. The van der Waals surface area contributed by atoms with Gasteiger partial charge in [0, 0.05) is 0 Å². The third-order valence-corrected chi connectivity index (χ3v) is 0. The molecular formula is H5BiCaO5Ta. The number of rotatable bonds is 0. The Labute approximate surface area is 93.9 Å². The van der Waals surface area contributed by atoms with E-state index in [2.05, 4.69) is 0 Å². The van der Waals surface area contributed by atoms with Gasteiger partial charge in [0.05, 0.1) is 0 Å². The zero-order valence-corrected chi connectivity index (χ0v) is 11.9. The molecule has 47 valence electrons. The van der Waals surface area contributed by atoms with Gasteiger partial charge in [0.2, 0.25) is 0 Å². The molecule has 0 radical (unpaired) electrons. The average molecular weight is 515 g/mol. The summed E-state index contributed by atoms with van der Waals surface area (Å²) >= 11 is -8.05. The third kappa shape index (κ3) is 105. The Morgan fingerprint density at radius 2 is 0.750 bits per heavy atom. The van der Waals surface area contributed by atoms with E-state index in [0.717, 1.165) is 0 Å². The molecule has 0 unspecified atom stereocenters. The molecule has 0 saturated heterocycles. The fourth-order valence-electron chi connectivity index (χ4n) is 0. The summed E-state index contributed by atoms with van der Waals surface area (Å²) < 4.78 is 43.4. The predicted molar refractivity (Wildman–Crippen MR) is 21.9 cm³/mol. The van der Waals surface area contributed by atoms with Crippen LogP contribution in [0, 0.1) is 0 Å². The molecule has 0 saturated carbocycles. The molecule has 0 spiro atoms. The molecule has 0 aliphatic heterocycles. The minimum atomic E-state index is -8.05. The quantitative estimate of drug-likeness (QED) is 0.329. The summed E-state index contributed by atoms with van der Waals surface area (Å²) in [4.78, 5) is 0. The molecule has 0 aliphatic rings. The van der Waals surface area contributed by atoms with Gasteiger partial charge in [-0.2, -0.15) is 0 Å². The van der Waals surface area contributed by atoms with E-state index in [1.165, 1.54) is 0 Å². The molecule has 0 aromatic carbocycles. The van der Waals surface area contributed by atoms with Crippen LogP contribution in [0.4, 0.5) is 0 Å². The molecule has 0 rings (SSSR count). The van der Waals surface area contributed by atoms with Crippen LogP contribution in [0.15, 0.2) is 0 Å². The van der Waals surface area contributed by atoms with Crippen molar-refractivity contribution in [1.29, 1.82) is 0 Å². The summed E-state index contributed by atoms with van der Waals surface area (Å²) in [6.07, 6.45) is 0. The summed E-state index contributed by atoms with van der Waals surface area (Å²) in [5, 5.41) is 0. The fourth-order valence-corrected chi connectivity index (χ4v) is 0. The average Bonchev–Trinajstić information content (AvgIpc) is 0.650. The molecule has 0 bridgehead atoms. The molecule has 0 aliphatic carbocycles. The standard InChI is InChI=1S/Bi.Ca.5O.Ta.5H. The van der Waals surface area contributed by atoms with Gasteiger partial charge >= 0.3 is 95.9 Å². The van der Waals surface area contributed by atoms with Gasteiger partial charge in [-0.05, 0) is 0 Å². The monoisotopic (exact) mass is 515 g/mol. The van der Waals surface area contributed by atoms with Crippen LogP contribution in [-0.2, 0) is 31.9 Å². The molecule has 0 N–H and O–H groups in total. The second-order valence-corrected chi connectivity index (χ2v) is 6.10. The molecule has 8 heteroatoms. The van der Waals surface area contributed by atoms with Crippen molar-refractivity contribution >= 4 is 63.9 Å². The van der Waals surface area contributed by atoms with Crippen LogP contribution in [-0.4, -0.2) is 63.9 Å². The van der Waals surface area contributed by atoms with E-state index < -0.39 is 15.7 Å². The molecular weight excluding hydrogens is 510 g/mol. The van der Waals surface area contributed by atoms with Gasteiger partial charge in [0.25, 0.3) is 0 Å². The maximum atomic E-state index is 8.67. The fraction of sp³-hybridized carbons (Fsp3) is 0. The van der Waals surface area contributed by atoms with Crippen molar-refractivity contribution in [2.24, 2.45) is 0 Å². The number of hydrogen-bond donors (Lipinski definition) is 0. The molecule has 0 aromatic heterocycles. The number of hydrogen-bond acceptors (Lipinski definition) is 5. The first-order valence-electron chi connectivity index (χ1n) is 0.913. The first-order valence-corrected chi connectivity index (χ1v) is 7.47. The Bertz CT molecular complexity index is 282. The van der Waals surface area contributed by atoms with Crippen molar-refractivity contribution < 1.29 is 31.9 Å². The van der Waals surface area contributed by atoms with Gasteiger partial charge in [-0.25, -0.2) is 0 Å². The normalized spacial score (nSPS) is 7.50. The van der Waals surface area contributed by atoms with Crippen molar-refractivity contribution in [3.63, 3.8) is 0 Å². The van der Waals surface area contributed by atoms with Gasteiger partial charge in [-0.3, -0.25) is 0 Å². The second kappa shape index (κ2) is 3.91. The first kappa shape index (κ1) is 16.5. The van der Waals surface area contributed by atoms with Crippen LogP contribution in [0.3, 0.4) is 0 Å². The molecule has 0 aromatic rings. The molecule has 0 fully saturated rings. The van der Waals surface area contributed by atoms with Crippen molar-refractivity contribution in [2.75, 3.05) is 0 Å². The SMILES string of the molecule is [BiH3].[CaH2].[O]=[Ta](=[O])(=[O])(=[O])=[O]. The van der Waals surface area contributed by atoms with Crippen LogP contribution < -0.4 is 0 Å². The van der Waals surface area contributed by atoms with Gasteiger partial charge in [-0.15, -0.1) is 0 Å². The Balaban J connectivity index is -0.000000125. The van der Waals surface area contributed by atoms with Crippen LogP contribution in [0.1, 0.15) is 0 Å². The zero-order chi connectivity index (χ0) is 5.45. The van der Waals surface area contributed by atoms with Gasteiger partial charge in [-0.1, -0.05) is 0 Å². The van der Waals surface area contributed by atoms with E-state index in [1.54, 1.807) is 0 Å². The summed E-state index contributed by atoms with van der Waals surface area (Å²) in [7, 11) is 0. The van der Waals surface area contributed by atoms with E-state index in [0.29, 0.717) is 0 Å². The topological polar surface area (TPSA) is 85.3 Å².